The highest BCUT2D eigenvalue weighted by molar-refractivity contribution is 5.42. The second kappa shape index (κ2) is 2.81. The zero-order valence-electron chi connectivity index (χ0n) is 7.19. The monoisotopic (exact) mass is 179 g/mol. The van der Waals surface area contributed by atoms with Crippen LogP contribution in [0.5, 0.6) is 0 Å². The van der Waals surface area contributed by atoms with Gasteiger partial charge in [-0.05, 0) is 24.6 Å². The third-order valence-corrected chi connectivity index (χ3v) is 2.12. The van der Waals surface area contributed by atoms with Crippen molar-refractivity contribution < 1.29 is 9.66 Å². The van der Waals surface area contributed by atoms with Gasteiger partial charge in [-0.15, -0.1) is 0 Å². The van der Waals surface area contributed by atoms with E-state index in [9.17, 15) is 10.1 Å². The Hall–Kier alpha value is -1.42. The van der Waals surface area contributed by atoms with Gasteiger partial charge in [0.05, 0.1) is 11.5 Å². The Kier molecular flexibility index (Phi) is 1.77. The molecule has 2 rings (SSSR count). The molecule has 1 aliphatic heterocycles. The fourth-order valence-electron chi connectivity index (χ4n) is 1.32. The van der Waals surface area contributed by atoms with Crippen molar-refractivity contribution in [3.8, 4) is 0 Å². The van der Waals surface area contributed by atoms with Crippen LogP contribution in [-0.2, 0) is 4.74 Å². The summed E-state index contributed by atoms with van der Waals surface area (Å²) in [7, 11) is 0. The Morgan fingerprint density at radius 3 is 2.77 bits per heavy atom. The molecule has 0 saturated carbocycles. The second-order valence-corrected chi connectivity index (χ2v) is 3.13. The number of nitrogens with zero attached hydrogens (tertiary/aromatic N) is 1. The molecule has 1 aromatic rings. The first kappa shape index (κ1) is 8.19. The Morgan fingerprint density at radius 1 is 1.62 bits per heavy atom. The highest BCUT2D eigenvalue weighted by atomic mass is 16.6. The predicted molar refractivity (Wildman–Crippen MR) is 46.5 cm³/mol. The lowest BCUT2D eigenvalue weighted by molar-refractivity contribution is -0.385. The molecule has 4 nitrogen and oxygen atoms in total. The first-order valence-electron chi connectivity index (χ1n) is 4.05. The molecule has 0 bridgehead atoms. The third kappa shape index (κ3) is 1.53. The minimum absolute atomic E-state index is 0.166. The van der Waals surface area contributed by atoms with Crippen molar-refractivity contribution in [3.63, 3.8) is 0 Å². The Bertz CT molecular complexity index is 358. The average Bonchev–Trinajstić information content (AvgIpc) is 2.85. The van der Waals surface area contributed by atoms with Gasteiger partial charge < -0.3 is 4.74 Å². The Morgan fingerprint density at radius 2 is 2.31 bits per heavy atom. The number of hydrogen-bond donors (Lipinski definition) is 0. The van der Waals surface area contributed by atoms with Crippen LogP contribution in [0.4, 0.5) is 5.69 Å². The van der Waals surface area contributed by atoms with Crippen LogP contribution in [0.2, 0.25) is 0 Å². The minimum atomic E-state index is -0.368. The predicted octanol–water partition coefficient (Wildman–Crippen LogP) is 1.97. The van der Waals surface area contributed by atoms with Crippen LogP contribution in [0.1, 0.15) is 17.2 Å². The van der Waals surface area contributed by atoms with Crippen molar-refractivity contribution >= 4 is 5.69 Å². The molecule has 0 spiro atoms. The van der Waals surface area contributed by atoms with Gasteiger partial charge in [-0.25, -0.2) is 0 Å². The molecule has 1 atom stereocenters. The van der Waals surface area contributed by atoms with E-state index in [1.807, 2.05) is 6.07 Å². The molecule has 68 valence electrons. The van der Waals surface area contributed by atoms with E-state index in [0.29, 0.717) is 5.56 Å². The summed E-state index contributed by atoms with van der Waals surface area (Å²) in [6.07, 6.45) is 0.166. The first-order chi connectivity index (χ1) is 6.18. The molecule has 1 aromatic carbocycles. The summed E-state index contributed by atoms with van der Waals surface area (Å²) in [6.45, 7) is 2.47. The number of nitro groups is 1. The van der Waals surface area contributed by atoms with Gasteiger partial charge in [-0.1, -0.05) is 0 Å². The molecule has 0 N–H and O–H groups in total. The largest absolute Gasteiger partial charge is 0.368 e. The topological polar surface area (TPSA) is 55.7 Å². The maximum atomic E-state index is 10.5. The summed E-state index contributed by atoms with van der Waals surface area (Å²) in [4.78, 5) is 10.1. The lowest BCUT2D eigenvalue weighted by atomic mass is 10.1. The molecule has 1 saturated heterocycles. The molecular weight excluding hydrogens is 170 g/mol. The second-order valence-electron chi connectivity index (χ2n) is 3.13. The van der Waals surface area contributed by atoms with Gasteiger partial charge in [0, 0.05) is 11.6 Å². The van der Waals surface area contributed by atoms with E-state index in [0.717, 1.165) is 12.2 Å². The number of aryl methyl sites for hydroxylation is 1. The van der Waals surface area contributed by atoms with Gasteiger partial charge in [-0.3, -0.25) is 10.1 Å². The molecule has 0 aliphatic carbocycles. The molecule has 4 heteroatoms. The maximum Gasteiger partial charge on any atom is 0.272 e. The van der Waals surface area contributed by atoms with Crippen LogP contribution >= 0.6 is 0 Å². The van der Waals surface area contributed by atoms with Gasteiger partial charge in [0.25, 0.3) is 5.69 Å². The number of rotatable bonds is 2. The summed E-state index contributed by atoms with van der Waals surface area (Å²) in [5.41, 5.74) is 1.89. The molecular formula is C9H9NO3. The fourth-order valence-corrected chi connectivity index (χ4v) is 1.32. The Labute approximate surface area is 75.3 Å². The summed E-state index contributed by atoms with van der Waals surface area (Å²) in [5.74, 6) is 0. The third-order valence-electron chi connectivity index (χ3n) is 2.12. The van der Waals surface area contributed by atoms with Crippen LogP contribution in [0.15, 0.2) is 18.2 Å². The number of nitro benzene ring substituents is 1. The molecule has 0 aromatic heterocycles. The van der Waals surface area contributed by atoms with Gasteiger partial charge in [0.1, 0.15) is 6.10 Å². The summed E-state index contributed by atoms with van der Waals surface area (Å²) in [6, 6.07) is 5.10. The Balaban J connectivity index is 2.36. The maximum absolute atomic E-state index is 10.5. The SMILES string of the molecule is Cc1cc([C@@H]2CO2)ccc1[N+](=O)[O-]. The molecule has 0 amide bonds. The lowest BCUT2D eigenvalue weighted by Gasteiger charge is -1.99. The van der Waals surface area contributed by atoms with Gasteiger partial charge in [-0.2, -0.15) is 0 Å². The summed E-state index contributed by atoms with van der Waals surface area (Å²) < 4.78 is 5.08. The van der Waals surface area contributed by atoms with E-state index in [1.54, 1.807) is 13.0 Å². The molecule has 13 heavy (non-hydrogen) atoms. The number of ether oxygens (including phenoxy) is 1. The fraction of sp³-hybridized carbons (Fsp3) is 0.333. The van der Waals surface area contributed by atoms with Crippen LogP contribution in [0, 0.1) is 17.0 Å². The van der Waals surface area contributed by atoms with Crippen LogP contribution in [-0.4, -0.2) is 11.5 Å². The molecule has 0 radical (unpaired) electrons. The van der Waals surface area contributed by atoms with E-state index in [4.69, 9.17) is 4.74 Å². The summed E-state index contributed by atoms with van der Waals surface area (Å²) >= 11 is 0. The van der Waals surface area contributed by atoms with Crippen LogP contribution in [0.25, 0.3) is 0 Å². The lowest BCUT2D eigenvalue weighted by Crippen LogP contribution is -1.92. The smallest absolute Gasteiger partial charge is 0.272 e. The molecule has 1 aliphatic rings. The molecule has 1 fully saturated rings. The van der Waals surface area contributed by atoms with E-state index in [2.05, 4.69) is 0 Å². The first-order valence-corrected chi connectivity index (χ1v) is 4.05. The average molecular weight is 179 g/mol. The van der Waals surface area contributed by atoms with E-state index in [-0.39, 0.29) is 16.7 Å². The highest BCUT2D eigenvalue weighted by Gasteiger charge is 2.25. The van der Waals surface area contributed by atoms with Crippen molar-refractivity contribution in [1.29, 1.82) is 0 Å². The highest BCUT2D eigenvalue weighted by Crippen LogP contribution is 2.32. The summed E-state index contributed by atoms with van der Waals surface area (Å²) in [5, 5.41) is 10.5. The van der Waals surface area contributed by atoms with Crippen LogP contribution < -0.4 is 0 Å². The van der Waals surface area contributed by atoms with Crippen molar-refractivity contribution in [1.82, 2.24) is 0 Å². The van der Waals surface area contributed by atoms with Crippen molar-refractivity contribution in [2.75, 3.05) is 6.61 Å². The standard InChI is InChI=1S/C9H9NO3/c1-6-4-7(9-5-13-9)2-3-8(6)10(11)12/h2-4,9H,5H2,1H3/t9-/m0/s1. The van der Waals surface area contributed by atoms with Crippen molar-refractivity contribution in [3.05, 3.63) is 39.4 Å². The zero-order valence-corrected chi connectivity index (χ0v) is 7.19. The molecule has 1 heterocycles. The van der Waals surface area contributed by atoms with Gasteiger partial charge in [0.15, 0.2) is 0 Å². The zero-order chi connectivity index (χ0) is 9.42. The minimum Gasteiger partial charge on any atom is -0.368 e. The van der Waals surface area contributed by atoms with Crippen molar-refractivity contribution in [2.45, 2.75) is 13.0 Å². The number of hydrogen-bond acceptors (Lipinski definition) is 3. The molecule has 0 unspecified atom stereocenters. The van der Waals surface area contributed by atoms with E-state index in [1.165, 1.54) is 6.07 Å². The number of benzene rings is 1. The normalized spacial score (nSPS) is 19.9. The van der Waals surface area contributed by atoms with Crippen molar-refractivity contribution in [2.24, 2.45) is 0 Å². The van der Waals surface area contributed by atoms with Gasteiger partial charge >= 0.3 is 0 Å². The number of epoxide rings is 1. The quantitative estimate of drug-likeness (QED) is 0.396. The van der Waals surface area contributed by atoms with Gasteiger partial charge in [0.2, 0.25) is 0 Å². The van der Waals surface area contributed by atoms with Crippen LogP contribution in [0.3, 0.4) is 0 Å². The van der Waals surface area contributed by atoms with E-state index < -0.39 is 0 Å². The van der Waals surface area contributed by atoms with E-state index >= 15 is 0 Å².